The van der Waals surface area contributed by atoms with Crippen molar-refractivity contribution in [3.05, 3.63) is 35.9 Å². The minimum atomic E-state index is 0. The molecule has 21 heavy (non-hydrogen) atoms. The van der Waals surface area contributed by atoms with E-state index >= 15 is 0 Å². The molecule has 116 valence electrons. The Hall–Kier alpha value is -0.860. The lowest BCUT2D eigenvalue weighted by Crippen LogP contribution is -2.44. The maximum atomic E-state index is 5.67. The van der Waals surface area contributed by atoms with Gasteiger partial charge in [0.05, 0.1) is 38.5 Å². The molecule has 1 aromatic rings. The van der Waals surface area contributed by atoms with Gasteiger partial charge in [-0.3, -0.25) is 4.99 Å². The molecule has 2 aliphatic heterocycles. The van der Waals surface area contributed by atoms with Gasteiger partial charge in [-0.1, -0.05) is 30.3 Å². The SMILES string of the molecule is CN(CC1COCCO1)C1=NCC(c2ccccc2)N1.I. The Morgan fingerprint density at radius 2 is 2.10 bits per heavy atom. The first kappa shape index (κ1) is 16.5. The molecule has 0 bridgehead atoms. The van der Waals surface area contributed by atoms with Crippen molar-refractivity contribution in [1.29, 1.82) is 0 Å². The molecule has 6 heteroatoms. The van der Waals surface area contributed by atoms with Gasteiger partial charge in [-0.25, -0.2) is 0 Å². The summed E-state index contributed by atoms with van der Waals surface area (Å²) in [6.45, 7) is 3.64. The van der Waals surface area contributed by atoms with Crippen LogP contribution in [0.15, 0.2) is 35.3 Å². The summed E-state index contributed by atoms with van der Waals surface area (Å²) < 4.78 is 11.1. The predicted octanol–water partition coefficient (Wildman–Crippen LogP) is 1.65. The second-order valence-corrected chi connectivity index (χ2v) is 5.22. The molecule has 0 saturated carbocycles. The molecule has 1 fully saturated rings. The first-order valence-electron chi connectivity index (χ1n) is 7.09. The zero-order valence-electron chi connectivity index (χ0n) is 12.2. The first-order valence-corrected chi connectivity index (χ1v) is 7.09. The number of nitrogens with one attached hydrogen (secondary N) is 1. The van der Waals surface area contributed by atoms with E-state index in [1.54, 1.807) is 0 Å². The number of hydrogen-bond donors (Lipinski definition) is 1. The summed E-state index contributed by atoms with van der Waals surface area (Å²) in [5.41, 5.74) is 1.27. The Morgan fingerprint density at radius 1 is 1.29 bits per heavy atom. The number of rotatable bonds is 3. The van der Waals surface area contributed by atoms with Crippen molar-refractivity contribution >= 4 is 29.9 Å². The highest BCUT2D eigenvalue weighted by Gasteiger charge is 2.24. The lowest BCUT2D eigenvalue weighted by molar-refractivity contribution is -0.0918. The molecule has 1 saturated heterocycles. The minimum Gasteiger partial charge on any atom is -0.376 e. The Bertz CT molecular complexity index is 463. The fraction of sp³-hybridized carbons (Fsp3) is 0.533. The molecule has 2 heterocycles. The number of benzene rings is 1. The van der Waals surface area contributed by atoms with Crippen LogP contribution in [0.4, 0.5) is 0 Å². The van der Waals surface area contributed by atoms with Crippen molar-refractivity contribution in [1.82, 2.24) is 10.2 Å². The fourth-order valence-electron chi connectivity index (χ4n) is 2.56. The van der Waals surface area contributed by atoms with Gasteiger partial charge in [0.15, 0.2) is 5.96 Å². The van der Waals surface area contributed by atoms with E-state index in [0.29, 0.717) is 19.8 Å². The van der Waals surface area contributed by atoms with Gasteiger partial charge in [-0.2, -0.15) is 0 Å². The third-order valence-electron chi connectivity index (χ3n) is 3.65. The average molecular weight is 403 g/mol. The average Bonchev–Trinajstić information content (AvgIpc) is 2.99. The minimum absolute atomic E-state index is 0. The van der Waals surface area contributed by atoms with E-state index in [4.69, 9.17) is 9.47 Å². The van der Waals surface area contributed by atoms with Crippen molar-refractivity contribution in [3.63, 3.8) is 0 Å². The Morgan fingerprint density at radius 3 is 2.81 bits per heavy atom. The third-order valence-corrected chi connectivity index (χ3v) is 3.65. The van der Waals surface area contributed by atoms with E-state index in [1.807, 2.05) is 13.1 Å². The molecule has 2 aliphatic rings. The van der Waals surface area contributed by atoms with E-state index in [2.05, 4.69) is 39.5 Å². The summed E-state index contributed by atoms with van der Waals surface area (Å²) in [5, 5.41) is 3.48. The van der Waals surface area contributed by atoms with Crippen LogP contribution in [0.3, 0.4) is 0 Å². The van der Waals surface area contributed by atoms with E-state index in [-0.39, 0.29) is 36.1 Å². The molecule has 0 amide bonds. The molecule has 1 N–H and O–H groups in total. The van der Waals surface area contributed by atoms with Gasteiger partial charge >= 0.3 is 0 Å². The summed E-state index contributed by atoms with van der Waals surface area (Å²) in [5.74, 6) is 0.938. The summed E-state index contributed by atoms with van der Waals surface area (Å²) in [4.78, 5) is 6.71. The molecule has 5 nitrogen and oxygen atoms in total. The molecular formula is C15H22IN3O2. The highest BCUT2D eigenvalue weighted by atomic mass is 127. The highest BCUT2D eigenvalue weighted by molar-refractivity contribution is 14.0. The van der Waals surface area contributed by atoms with Gasteiger partial charge in [-0.05, 0) is 5.56 Å². The fourth-order valence-corrected chi connectivity index (χ4v) is 2.56. The monoisotopic (exact) mass is 403 g/mol. The summed E-state index contributed by atoms with van der Waals surface area (Å²) >= 11 is 0. The van der Waals surface area contributed by atoms with E-state index in [1.165, 1.54) is 5.56 Å². The number of ether oxygens (including phenoxy) is 2. The van der Waals surface area contributed by atoms with Gasteiger partial charge in [0.2, 0.25) is 0 Å². The number of likely N-dealkylation sites (N-methyl/N-ethyl adjacent to an activating group) is 1. The van der Waals surface area contributed by atoms with Crippen molar-refractivity contribution in [3.8, 4) is 0 Å². The van der Waals surface area contributed by atoms with Crippen LogP contribution in [0, 0.1) is 0 Å². The molecule has 0 spiro atoms. The van der Waals surface area contributed by atoms with Crippen LogP contribution in [0.5, 0.6) is 0 Å². The number of nitrogens with zero attached hydrogens (tertiary/aromatic N) is 2. The number of guanidine groups is 1. The van der Waals surface area contributed by atoms with Crippen LogP contribution in [0.25, 0.3) is 0 Å². The largest absolute Gasteiger partial charge is 0.376 e. The standard InChI is InChI=1S/C15H21N3O2.HI/c1-18(10-13-11-19-7-8-20-13)15-16-9-14(17-15)12-5-3-2-4-6-12;/h2-6,13-14H,7-11H2,1H3,(H,16,17);1H. The van der Waals surface area contributed by atoms with E-state index in [9.17, 15) is 0 Å². The van der Waals surface area contributed by atoms with Crippen LogP contribution in [-0.4, -0.2) is 56.9 Å². The molecule has 1 aromatic carbocycles. The van der Waals surface area contributed by atoms with Crippen molar-refractivity contribution in [2.75, 3.05) is 40.0 Å². The van der Waals surface area contributed by atoms with Crippen LogP contribution < -0.4 is 5.32 Å². The lowest BCUT2D eigenvalue weighted by Gasteiger charge is -2.28. The third kappa shape index (κ3) is 4.31. The highest BCUT2D eigenvalue weighted by Crippen LogP contribution is 2.17. The van der Waals surface area contributed by atoms with Crippen molar-refractivity contribution in [2.24, 2.45) is 4.99 Å². The second-order valence-electron chi connectivity index (χ2n) is 5.22. The maximum Gasteiger partial charge on any atom is 0.194 e. The Kier molecular flexibility index (Phi) is 6.25. The maximum absolute atomic E-state index is 5.67. The molecule has 3 rings (SSSR count). The lowest BCUT2D eigenvalue weighted by atomic mass is 10.1. The van der Waals surface area contributed by atoms with Crippen molar-refractivity contribution in [2.45, 2.75) is 12.1 Å². The molecule has 0 aliphatic carbocycles. The van der Waals surface area contributed by atoms with Crippen molar-refractivity contribution < 1.29 is 9.47 Å². The summed E-state index contributed by atoms with van der Waals surface area (Å²) in [6, 6.07) is 10.7. The predicted molar refractivity (Wildman–Crippen MR) is 93.2 cm³/mol. The van der Waals surface area contributed by atoms with Gasteiger partial charge in [0.25, 0.3) is 0 Å². The Labute approximate surface area is 142 Å². The number of halogens is 1. The summed E-state index contributed by atoms with van der Waals surface area (Å²) in [6.07, 6.45) is 0.133. The van der Waals surface area contributed by atoms with Crippen LogP contribution in [-0.2, 0) is 9.47 Å². The van der Waals surface area contributed by atoms with Gasteiger partial charge in [0.1, 0.15) is 0 Å². The van der Waals surface area contributed by atoms with E-state index < -0.39 is 0 Å². The smallest absolute Gasteiger partial charge is 0.194 e. The second kappa shape index (κ2) is 7.95. The molecule has 2 unspecified atom stereocenters. The van der Waals surface area contributed by atoms with E-state index in [0.717, 1.165) is 19.0 Å². The van der Waals surface area contributed by atoms with Crippen LogP contribution in [0.2, 0.25) is 0 Å². The summed E-state index contributed by atoms with van der Waals surface area (Å²) in [7, 11) is 2.04. The molecule has 0 aromatic heterocycles. The van der Waals surface area contributed by atoms with Gasteiger partial charge in [0, 0.05) is 13.6 Å². The first-order chi connectivity index (χ1) is 9.83. The zero-order valence-corrected chi connectivity index (χ0v) is 14.5. The Balaban J connectivity index is 0.00000161. The normalized spacial score (nSPS) is 24.7. The number of hydrogen-bond acceptors (Lipinski definition) is 5. The zero-order chi connectivity index (χ0) is 13.8. The molecule has 0 radical (unpaired) electrons. The van der Waals surface area contributed by atoms with Crippen LogP contribution in [0.1, 0.15) is 11.6 Å². The topological polar surface area (TPSA) is 46.1 Å². The number of aliphatic imine (C=N–C) groups is 1. The van der Waals surface area contributed by atoms with Crippen LogP contribution >= 0.6 is 24.0 Å². The van der Waals surface area contributed by atoms with Gasteiger partial charge < -0.3 is 19.7 Å². The molecule has 2 atom stereocenters. The van der Waals surface area contributed by atoms with Gasteiger partial charge in [-0.15, -0.1) is 24.0 Å². The molecular weight excluding hydrogens is 381 g/mol. The quantitative estimate of drug-likeness (QED) is 0.780.